The number of hydrogen-bond acceptors (Lipinski definition) is 4. The van der Waals surface area contributed by atoms with Crippen molar-refractivity contribution < 1.29 is 18.8 Å². The third-order valence-electron chi connectivity index (χ3n) is 5.85. The maximum absolute atomic E-state index is 12.9. The van der Waals surface area contributed by atoms with E-state index in [0.29, 0.717) is 6.61 Å². The second kappa shape index (κ2) is 10.0. The van der Waals surface area contributed by atoms with Gasteiger partial charge in [-0.15, -0.1) is 0 Å². The summed E-state index contributed by atoms with van der Waals surface area (Å²) in [5.41, 5.74) is 0.712. The van der Waals surface area contributed by atoms with Crippen molar-refractivity contribution in [2.24, 2.45) is 5.41 Å². The summed E-state index contributed by atoms with van der Waals surface area (Å²) in [4.78, 5) is 12.9. The van der Waals surface area contributed by atoms with E-state index in [1.807, 2.05) is 64.1 Å². The zero-order valence-corrected chi connectivity index (χ0v) is 20.0. The largest absolute Gasteiger partial charge is 0.407 e. The fourth-order valence-electron chi connectivity index (χ4n) is 3.75. The van der Waals surface area contributed by atoms with Crippen molar-refractivity contribution >= 4 is 24.7 Å². The van der Waals surface area contributed by atoms with Gasteiger partial charge in [0.1, 0.15) is 5.78 Å². The lowest BCUT2D eigenvalue weighted by Crippen LogP contribution is -2.65. The van der Waals surface area contributed by atoms with Crippen LogP contribution in [0.25, 0.3) is 0 Å². The first kappa shape index (κ1) is 23.6. The van der Waals surface area contributed by atoms with E-state index in [9.17, 15) is 9.90 Å². The molecule has 0 saturated carbocycles. The van der Waals surface area contributed by atoms with Crippen molar-refractivity contribution in [3.05, 3.63) is 72.3 Å². The lowest BCUT2D eigenvalue weighted by atomic mass is 9.85. The molecule has 5 heteroatoms. The number of ketones is 1. The summed E-state index contributed by atoms with van der Waals surface area (Å²) < 4.78 is 13.4. The van der Waals surface area contributed by atoms with Gasteiger partial charge in [-0.2, -0.15) is 0 Å². The molecule has 2 aromatic carbocycles. The number of rotatable bonds is 6. The Morgan fingerprint density at radius 2 is 1.61 bits per heavy atom. The Balaban J connectivity index is 1.96. The molecule has 2 aromatic rings. The first-order valence-electron chi connectivity index (χ1n) is 11.0. The average molecular weight is 439 g/mol. The van der Waals surface area contributed by atoms with Crippen LogP contribution in [0.1, 0.15) is 47.0 Å². The standard InChI is InChI=1S/C26H34O4Si/c1-20-12-11-17-29-31(22-13-7-5-8-14-22,23-15-9-6-10-16-23)30-24(20)18-21(27)19-25(28)26(2,3)4/h5-10,12-16,24-25,28H,11,17-19H2,1-4H3/b20-12-/t24-,25-/m1/s1. The average Bonchev–Trinajstić information content (AvgIpc) is 2.74. The Labute approximate surface area is 187 Å². The Morgan fingerprint density at radius 1 is 1.06 bits per heavy atom. The van der Waals surface area contributed by atoms with Gasteiger partial charge in [-0.25, -0.2) is 0 Å². The van der Waals surface area contributed by atoms with Gasteiger partial charge in [0.25, 0.3) is 0 Å². The van der Waals surface area contributed by atoms with E-state index in [2.05, 4.69) is 30.3 Å². The van der Waals surface area contributed by atoms with Crippen molar-refractivity contribution in [1.29, 1.82) is 0 Å². The second-order valence-electron chi connectivity index (χ2n) is 9.37. The number of hydrogen-bond donors (Lipinski definition) is 1. The van der Waals surface area contributed by atoms with Crippen LogP contribution < -0.4 is 10.4 Å². The van der Waals surface area contributed by atoms with Crippen LogP contribution >= 0.6 is 0 Å². The molecule has 0 aromatic heterocycles. The predicted octanol–water partition coefficient (Wildman–Crippen LogP) is 3.75. The van der Waals surface area contributed by atoms with Crippen LogP contribution in [0, 0.1) is 5.41 Å². The van der Waals surface area contributed by atoms with Crippen molar-refractivity contribution in [3.63, 3.8) is 0 Å². The fraction of sp³-hybridized carbons (Fsp3) is 0.423. The molecule has 31 heavy (non-hydrogen) atoms. The van der Waals surface area contributed by atoms with Gasteiger partial charge in [-0.05, 0) is 34.7 Å². The summed E-state index contributed by atoms with van der Waals surface area (Å²) in [5.74, 6) is 0.00442. The van der Waals surface area contributed by atoms with E-state index in [4.69, 9.17) is 8.85 Å². The lowest BCUT2D eigenvalue weighted by molar-refractivity contribution is -0.123. The molecule has 0 amide bonds. The van der Waals surface area contributed by atoms with Gasteiger partial charge < -0.3 is 14.0 Å². The molecule has 1 N–H and O–H groups in total. The molecule has 0 bridgehead atoms. The van der Waals surface area contributed by atoms with E-state index in [-0.39, 0.29) is 30.1 Å². The highest BCUT2D eigenvalue weighted by atomic mass is 28.4. The molecule has 166 valence electrons. The topological polar surface area (TPSA) is 55.8 Å². The molecule has 0 radical (unpaired) electrons. The highest BCUT2D eigenvalue weighted by Crippen LogP contribution is 2.26. The Bertz CT molecular complexity index is 847. The van der Waals surface area contributed by atoms with Crippen molar-refractivity contribution in [1.82, 2.24) is 0 Å². The van der Waals surface area contributed by atoms with Gasteiger partial charge >= 0.3 is 8.56 Å². The summed E-state index contributed by atoms with van der Waals surface area (Å²) in [6.07, 6.45) is 2.17. The SMILES string of the molecule is C/C1=C/CCO[Si](c2ccccc2)(c2ccccc2)O[C@@H]1CC(=O)C[C@@H](O)C(C)(C)C. The zero-order valence-electron chi connectivity index (χ0n) is 19.0. The molecule has 2 atom stereocenters. The normalized spacial score (nSPS) is 22.0. The van der Waals surface area contributed by atoms with Crippen LogP contribution in [0.15, 0.2) is 72.3 Å². The monoisotopic (exact) mass is 438 g/mol. The molecule has 0 unspecified atom stereocenters. The number of benzene rings is 2. The maximum Gasteiger partial charge on any atom is 0.407 e. The Hall–Kier alpha value is -2.05. The summed E-state index contributed by atoms with van der Waals surface area (Å²) in [5, 5.41) is 12.5. The highest BCUT2D eigenvalue weighted by Gasteiger charge is 2.46. The molecule has 4 nitrogen and oxygen atoms in total. The van der Waals surface area contributed by atoms with Crippen LogP contribution in [0.4, 0.5) is 0 Å². The molecule has 0 aliphatic carbocycles. The minimum atomic E-state index is -3.02. The first-order valence-corrected chi connectivity index (χ1v) is 12.8. The number of aliphatic hydroxyl groups is 1. The van der Waals surface area contributed by atoms with E-state index in [1.54, 1.807) is 0 Å². The van der Waals surface area contributed by atoms with Crippen LogP contribution in [0.2, 0.25) is 0 Å². The second-order valence-corrected chi connectivity index (χ2v) is 12.3. The Kier molecular flexibility index (Phi) is 7.65. The minimum absolute atomic E-state index is 0.00442. The van der Waals surface area contributed by atoms with E-state index >= 15 is 0 Å². The summed E-state index contributed by atoms with van der Waals surface area (Å²) in [6.45, 7) is 8.42. The zero-order chi connectivity index (χ0) is 22.5. The highest BCUT2D eigenvalue weighted by molar-refractivity contribution is 6.92. The number of carbonyl (C=O) groups is 1. The predicted molar refractivity (Wildman–Crippen MR) is 127 cm³/mol. The van der Waals surface area contributed by atoms with E-state index in [0.717, 1.165) is 22.4 Å². The van der Waals surface area contributed by atoms with Gasteiger partial charge in [0.15, 0.2) is 0 Å². The van der Waals surface area contributed by atoms with Crippen molar-refractivity contribution in [2.45, 2.75) is 59.2 Å². The van der Waals surface area contributed by atoms with E-state index < -0.39 is 14.7 Å². The summed E-state index contributed by atoms with van der Waals surface area (Å²) >= 11 is 0. The van der Waals surface area contributed by atoms with Gasteiger partial charge in [0.05, 0.1) is 12.2 Å². The smallest absolute Gasteiger partial charge is 0.392 e. The molecule has 3 rings (SSSR count). The van der Waals surface area contributed by atoms with Gasteiger partial charge in [0, 0.05) is 19.4 Å². The van der Waals surface area contributed by atoms with Crippen LogP contribution in [0.5, 0.6) is 0 Å². The summed E-state index contributed by atoms with van der Waals surface area (Å²) in [7, 11) is -3.02. The first-order chi connectivity index (χ1) is 14.7. The molecule has 1 heterocycles. The molecule has 0 fully saturated rings. The molecular weight excluding hydrogens is 404 g/mol. The molecule has 0 spiro atoms. The van der Waals surface area contributed by atoms with Gasteiger partial charge in [0.2, 0.25) is 0 Å². The number of carbonyl (C=O) groups excluding carboxylic acids is 1. The van der Waals surface area contributed by atoms with Crippen molar-refractivity contribution in [3.8, 4) is 0 Å². The fourth-order valence-corrected chi connectivity index (χ4v) is 7.09. The quantitative estimate of drug-likeness (QED) is 0.551. The van der Waals surface area contributed by atoms with Crippen molar-refractivity contribution in [2.75, 3.05) is 6.61 Å². The molecular formula is C26H34O4Si. The van der Waals surface area contributed by atoms with Crippen LogP contribution in [0.3, 0.4) is 0 Å². The van der Waals surface area contributed by atoms with Gasteiger partial charge in [-0.1, -0.05) is 87.5 Å². The molecule has 1 aliphatic rings. The third kappa shape index (κ3) is 5.80. The molecule has 0 saturated heterocycles. The van der Waals surface area contributed by atoms with Crippen LogP contribution in [-0.4, -0.2) is 38.3 Å². The van der Waals surface area contributed by atoms with Gasteiger partial charge in [-0.3, -0.25) is 4.79 Å². The maximum atomic E-state index is 12.9. The third-order valence-corrected chi connectivity index (χ3v) is 9.26. The number of Topliss-reactive ketones (excluding diaryl/α,β-unsaturated/α-hetero) is 1. The van der Waals surface area contributed by atoms with E-state index in [1.165, 1.54) is 0 Å². The lowest BCUT2D eigenvalue weighted by Gasteiger charge is -2.37. The van der Waals surface area contributed by atoms with Crippen LogP contribution in [-0.2, 0) is 13.6 Å². The minimum Gasteiger partial charge on any atom is -0.392 e. The molecule has 1 aliphatic heterocycles. The summed E-state index contributed by atoms with van der Waals surface area (Å²) in [6, 6.07) is 20.2. The Morgan fingerprint density at radius 3 is 2.13 bits per heavy atom. The number of aliphatic hydroxyl groups excluding tert-OH is 1.